The summed E-state index contributed by atoms with van der Waals surface area (Å²) in [6, 6.07) is 14.7. The molecular formula is C23H21ClN3O4-. The number of allylic oxidation sites excluding steroid dienone is 1. The third kappa shape index (κ3) is 5.52. The maximum atomic E-state index is 13.0. The SMILES string of the molecule is CC1=C(C(=O)NC/C=C/c2ccccc2)C(c2cccc(Cl)c2)N(CC(=O)[O-])C(=O)N1. The van der Waals surface area contributed by atoms with Gasteiger partial charge >= 0.3 is 6.03 Å². The van der Waals surface area contributed by atoms with Crippen LogP contribution in [-0.4, -0.2) is 35.9 Å². The van der Waals surface area contributed by atoms with Crippen molar-refractivity contribution in [3.8, 4) is 0 Å². The zero-order valence-electron chi connectivity index (χ0n) is 16.8. The second kappa shape index (κ2) is 9.95. The van der Waals surface area contributed by atoms with E-state index in [0.29, 0.717) is 16.3 Å². The van der Waals surface area contributed by atoms with Gasteiger partial charge in [-0.3, -0.25) is 4.79 Å². The molecule has 0 spiro atoms. The first-order chi connectivity index (χ1) is 14.9. The average Bonchev–Trinajstić information content (AvgIpc) is 2.73. The molecule has 2 aromatic carbocycles. The quantitative estimate of drug-likeness (QED) is 0.692. The highest BCUT2D eigenvalue weighted by Crippen LogP contribution is 2.34. The zero-order chi connectivity index (χ0) is 22.4. The maximum absolute atomic E-state index is 13.0. The number of rotatable bonds is 7. The van der Waals surface area contributed by atoms with Crippen molar-refractivity contribution in [2.24, 2.45) is 0 Å². The molecule has 0 fully saturated rings. The number of nitrogens with one attached hydrogen (secondary N) is 2. The minimum absolute atomic E-state index is 0.233. The van der Waals surface area contributed by atoms with Crippen LogP contribution in [0.2, 0.25) is 5.02 Å². The standard InChI is InChI=1S/C23H22ClN3O4/c1-15-20(22(30)25-12-6-9-16-7-3-2-4-8-16)21(17-10-5-11-18(24)13-17)27(14-19(28)29)23(31)26-15/h2-11,13,21H,12,14H2,1H3,(H,25,30)(H,26,31)(H,28,29)/p-1/b9-6+. The molecule has 1 unspecified atom stereocenters. The second-order valence-corrected chi connectivity index (χ2v) is 7.39. The van der Waals surface area contributed by atoms with E-state index in [1.807, 2.05) is 36.4 Å². The smallest absolute Gasteiger partial charge is 0.322 e. The van der Waals surface area contributed by atoms with Crippen LogP contribution < -0.4 is 15.7 Å². The molecule has 1 aliphatic heterocycles. The first-order valence-corrected chi connectivity index (χ1v) is 9.98. The Morgan fingerprint density at radius 3 is 2.61 bits per heavy atom. The van der Waals surface area contributed by atoms with Crippen LogP contribution in [0, 0.1) is 0 Å². The van der Waals surface area contributed by atoms with Gasteiger partial charge in [0.25, 0.3) is 5.91 Å². The van der Waals surface area contributed by atoms with Crippen LogP contribution in [-0.2, 0) is 9.59 Å². The number of amides is 3. The van der Waals surface area contributed by atoms with Gasteiger partial charge in [-0.25, -0.2) is 4.79 Å². The summed E-state index contributed by atoms with van der Waals surface area (Å²) in [5.41, 5.74) is 2.09. The van der Waals surface area contributed by atoms with Gasteiger partial charge in [-0.15, -0.1) is 0 Å². The first-order valence-electron chi connectivity index (χ1n) is 9.60. The molecule has 3 rings (SSSR count). The summed E-state index contributed by atoms with van der Waals surface area (Å²) in [6.07, 6.45) is 3.68. The fourth-order valence-corrected chi connectivity index (χ4v) is 3.60. The van der Waals surface area contributed by atoms with Gasteiger partial charge in [0.15, 0.2) is 0 Å². The van der Waals surface area contributed by atoms with E-state index in [1.54, 1.807) is 37.3 Å². The van der Waals surface area contributed by atoms with E-state index in [9.17, 15) is 19.5 Å². The van der Waals surface area contributed by atoms with E-state index in [4.69, 9.17) is 11.6 Å². The number of halogens is 1. The number of carbonyl (C=O) groups excluding carboxylic acids is 3. The number of hydrogen-bond acceptors (Lipinski definition) is 4. The summed E-state index contributed by atoms with van der Waals surface area (Å²) < 4.78 is 0. The number of benzene rings is 2. The fraction of sp³-hybridized carbons (Fsp3) is 0.174. The predicted octanol–water partition coefficient (Wildman–Crippen LogP) is 2.26. The van der Waals surface area contributed by atoms with Gasteiger partial charge in [0.1, 0.15) is 0 Å². The van der Waals surface area contributed by atoms with E-state index in [-0.39, 0.29) is 12.1 Å². The summed E-state index contributed by atoms with van der Waals surface area (Å²) in [7, 11) is 0. The molecule has 1 heterocycles. The third-order valence-corrected chi connectivity index (χ3v) is 4.98. The van der Waals surface area contributed by atoms with Crippen LogP contribution in [0.25, 0.3) is 6.08 Å². The summed E-state index contributed by atoms with van der Waals surface area (Å²) >= 11 is 6.10. The number of nitrogens with zero attached hydrogens (tertiary/aromatic N) is 1. The monoisotopic (exact) mass is 438 g/mol. The van der Waals surface area contributed by atoms with Gasteiger partial charge in [-0.2, -0.15) is 0 Å². The lowest BCUT2D eigenvalue weighted by Gasteiger charge is -2.38. The molecule has 0 aliphatic carbocycles. The van der Waals surface area contributed by atoms with E-state index in [1.165, 1.54) is 0 Å². The summed E-state index contributed by atoms with van der Waals surface area (Å²) in [4.78, 5) is 37.9. The molecule has 160 valence electrons. The molecule has 1 aliphatic rings. The molecule has 3 amide bonds. The fourth-order valence-electron chi connectivity index (χ4n) is 3.40. The number of urea groups is 1. The lowest BCUT2D eigenvalue weighted by atomic mass is 9.93. The topological polar surface area (TPSA) is 102 Å². The third-order valence-electron chi connectivity index (χ3n) is 4.74. The Kier molecular flexibility index (Phi) is 7.10. The lowest BCUT2D eigenvalue weighted by molar-refractivity contribution is -0.306. The van der Waals surface area contributed by atoms with Crippen molar-refractivity contribution in [2.75, 3.05) is 13.1 Å². The molecule has 1 atom stereocenters. The second-order valence-electron chi connectivity index (χ2n) is 6.95. The zero-order valence-corrected chi connectivity index (χ0v) is 17.6. The molecule has 2 aromatic rings. The number of aliphatic carboxylic acids is 1. The van der Waals surface area contributed by atoms with Crippen LogP contribution in [0.4, 0.5) is 4.79 Å². The van der Waals surface area contributed by atoms with Gasteiger partial charge in [0.2, 0.25) is 0 Å². The maximum Gasteiger partial charge on any atom is 0.322 e. The normalized spacial score (nSPS) is 16.4. The summed E-state index contributed by atoms with van der Waals surface area (Å²) in [5.74, 6) is -1.86. The van der Waals surface area contributed by atoms with Crippen molar-refractivity contribution in [1.82, 2.24) is 15.5 Å². The Morgan fingerprint density at radius 1 is 1.19 bits per heavy atom. The molecule has 0 bridgehead atoms. The molecule has 0 aromatic heterocycles. The van der Waals surface area contributed by atoms with Crippen LogP contribution in [0.3, 0.4) is 0 Å². The number of hydrogen-bond donors (Lipinski definition) is 2. The van der Waals surface area contributed by atoms with Crippen LogP contribution in [0.15, 0.2) is 71.9 Å². The van der Waals surface area contributed by atoms with E-state index >= 15 is 0 Å². The molecule has 0 saturated carbocycles. The highest BCUT2D eigenvalue weighted by molar-refractivity contribution is 6.30. The van der Waals surface area contributed by atoms with Crippen LogP contribution in [0.1, 0.15) is 24.1 Å². The van der Waals surface area contributed by atoms with Crippen LogP contribution >= 0.6 is 11.6 Å². The van der Waals surface area contributed by atoms with E-state index in [2.05, 4.69) is 10.6 Å². The molecule has 7 nitrogen and oxygen atoms in total. The number of carboxylic acids is 1. The Labute approximate surface area is 185 Å². The van der Waals surface area contributed by atoms with Gasteiger partial charge in [-0.05, 0) is 30.2 Å². The summed E-state index contributed by atoms with van der Waals surface area (Å²) in [5, 5.41) is 17.0. The molecule has 2 N–H and O–H groups in total. The summed E-state index contributed by atoms with van der Waals surface area (Å²) in [6.45, 7) is 1.17. The molecular weight excluding hydrogens is 418 g/mol. The average molecular weight is 439 g/mol. The largest absolute Gasteiger partial charge is 0.548 e. The number of carbonyl (C=O) groups is 3. The van der Waals surface area contributed by atoms with Gasteiger partial charge in [0, 0.05) is 17.3 Å². The highest BCUT2D eigenvalue weighted by Gasteiger charge is 2.37. The van der Waals surface area contributed by atoms with Crippen molar-refractivity contribution in [2.45, 2.75) is 13.0 Å². The van der Waals surface area contributed by atoms with Crippen molar-refractivity contribution >= 4 is 35.6 Å². The Morgan fingerprint density at radius 2 is 1.94 bits per heavy atom. The van der Waals surface area contributed by atoms with E-state index < -0.39 is 30.5 Å². The van der Waals surface area contributed by atoms with Crippen LogP contribution in [0.5, 0.6) is 0 Å². The first kappa shape index (κ1) is 22.1. The highest BCUT2D eigenvalue weighted by atomic mass is 35.5. The Bertz CT molecular complexity index is 1050. The molecule has 8 heteroatoms. The Hall–Kier alpha value is -3.58. The van der Waals surface area contributed by atoms with Crippen molar-refractivity contribution in [3.05, 3.63) is 88.1 Å². The van der Waals surface area contributed by atoms with Crippen molar-refractivity contribution in [3.63, 3.8) is 0 Å². The van der Waals surface area contributed by atoms with Crippen molar-refractivity contribution < 1.29 is 19.5 Å². The minimum Gasteiger partial charge on any atom is -0.548 e. The number of carboxylic acid groups (broad SMARTS) is 1. The van der Waals surface area contributed by atoms with E-state index in [0.717, 1.165) is 10.5 Å². The Balaban J connectivity index is 1.87. The molecule has 31 heavy (non-hydrogen) atoms. The predicted molar refractivity (Wildman–Crippen MR) is 116 cm³/mol. The lowest BCUT2D eigenvalue weighted by Crippen LogP contribution is -2.53. The minimum atomic E-state index is -1.44. The van der Waals surface area contributed by atoms with Gasteiger partial charge < -0.3 is 25.4 Å². The molecule has 0 saturated heterocycles. The van der Waals surface area contributed by atoms with Crippen molar-refractivity contribution in [1.29, 1.82) is 0 Å². The molecule has 0 radical (unpaired) electrons. The van der Waals surface area contributed by atoms with Gasteiger partial charge in [0.05, 0.1) is 24.1 Å². The van der Waals surface area contributed by atoms with Gasteiger partial charge in [-0.1, -0.05) is 66.2 Å².